The number of nitriles is 1. The summed E-state index contributed by atoms with van der Waals surface area (Å²) in [4.78, 5) is 11.5. The van der Waals surface area contributed by atoms with Crippen molar-refractivity contribution in [1.29, 1.82) is 5.26 Å². The van der Waals surface area contributed by atoms with Gasteiger partial charge >= 0.3 is 5.97 Å². The van der Waals surface area contributed by atoms with Gasteiger partial charge in [0.2, 0.25) is 0 Å². The van der Waals surface area contributed by atoms with Crippen LogP contribution in [0.2, 0.25) is 0 Å². The number of hydrogen-bond donors (Lipinski definition) is 1. The fourth-order valence-electron chi connectivity index (χ4n) is 0.874. The predicted molar refractivity (Wildman–Crippen MR) is 57.4 cm³/mol. The fraction of sp³-hybridized carbons (Fsp3) is 0.111. The third-order valence-corrected chi connectivity index (χ3v) is 3.02. The number of benzene rings is 1. The van der Waals surface area contributed by atoms with Crippen molar-refractivity contribution in [2.75, 3.05) is 5.75 Å². The summed E-state index contributed by atoms with van der Waals surface area (Å²) in [6.07, 6.45) is 0. The molecule has 5 heteroatoms. The first kappa shape index (κ1) is 11.1. The Morgan fingerprint density at radius 1 is 1.64 bits per heavy atom. The standard InChI is InChI=1S/C9H6BrNO2S/c10-8-2-1-6(14-4-3-11)5-7(8)9(12)13/h1-2,5H,4H2,(H,12,13). The van der Waals surface area contributed by atoms with E-state index in [-0.39, 0.29) is 5.56 Å². The minimum atomic E-state index is -0.976. The highest BCUT2D eigenvalue weighted by Crippen LogP contribution is 2.24. The van der Waals surface area contributed by atoms with E-state index in [0.717, 1.165) is 4.90 Å². The second kappa shape index (κ2) is 5.03. The molecule has 1 N–H and O–H groups in total. The molecule has 0 aromatic heterocycles. The van der Waals surface area contributed by atoms with E-state index in [9.17, 15) is 4.79 Å². The van der Waals surface area contributed by atoms with Crippen LogP contribution in [0.25, 0.3) is 0 Å². The first-order valence-corrected chi connectivity index (χ1v) is 5.45. The van der Waals surface area contributed by atoms with Crippen LogP contribution in [-0.2, 0) is 0 Å². The lowest BCUT2D eigenvalue weighted by Crippen LogP contribution is -1.97. The molecule has 0 aliphatic carbocycles. The van der Waals surface area contributed by atoms with Gasteiger partial charge < -0.3 is 5.11 Å². The second-order valence-electron chi connectivity index (χ2n) is 2.39. The van der Waals surface area contributed by atoms with E-state index < -0.39 is 5.97 Å². The minimum Gasteiger partial charge on any atom is -0.478 e. The summed E-state index contributed by atoms with van der Waals surface area (Å²) in [5.74, 6) is -0.656. The van der Waals surface area contributed by atoms with Crippen molar-refractivity contribution >= 4 is 33.7 Å². The van der Waals surface area contributed by atoms with Crippen LogP contribution in [0.1, 0.15) is 10.4 Å². The quantitative estimate of drug-likeness (QED) is 0.859. The van der Waals surface area contributed by atoms with Crippen LogP contribution in [0.15, 0.2) is 27.6 Å². The Balaban J connectivity index is 2.96. The van der Waals surface area contributed by atoms with Crippen molar-refractivity contribution in [3.63, 3.8) is 0 Å². The average Bonchev–Trinajstić information content (AvgIpc) is 2.16. The van der Waals surface area contributed by atoms with Gasteiger partial charge in [0.25, 0.3) is 0 Å². The molecule has 1 aromatic carbocycles. The minimum absolute atomic E-state index is 0.216. The van der Waals surface area contributed by atoms with Crippen molar-refractivity contribution in [2.45, 2.75) is 4.90 Å². The molecule has 0 unspecified atom stereocenters. The summed E-state index contributed by atoms with van der Waals surface area (Å²) in [5, 5.41) is 17.2. The smallest absolute Gasteiger partial charge is 0.336 e. The van der Waals surface area contributed by atoms with Gasteiger partial charge in [0.1, 0.15) is 0 Å². The number of carboxylic acids is 1. The lowest BCUT2D eigenvalue weighted by Gasteiger charge is -2.01. The van der Waals surface area contributed by atoms with Gasteiger partial charge in [0, 0.05) is 9.37 Å². The van der Waals surface area contributed by atoms with E-state index in [1.165, 1.54) is 11.8 Å². The molecule has 0 heterocycles. The zero-order valence-electron chi connectivity index (χ0n) is 7.03. The molecule has 0 amide bonds. The van der Waals surface area contributed by atoms with E-state index in [4.69, 9.17) is 10.4 Å². The fourth-order valence-corrected chi connectivity index (χ4v) is 1.89. The molecule has 0 bridgehead atoms. The zero-order valence-corrected chi connectivity index (χ0v) is 9.43. The van der Waals surface area contributed by atoms with Gasteiger partial charge in [0.05, 0.1) is 17.4 Å². The molecule has 0 aliphatic rings. The number of nitrogens with zero attached hydrogens (tertiary/aromatic N) is 1. The number of halogens is 1. The maximum Gasteiger partial charge on any atom is 0.336 e. The summed E-state index contributed by atoms with van der Waals surface area (Å²) in [6, 6.07) is 6.98. The molecule has 3 nitrogen and oxygen atoms in total. The van der Waals surface area contributed by atoms with Gasteiger partial charge in [-0.1, -0.05) is 0 Å². The van der Waals surface area contributed by atoms with Crippen molar-refractivity contribution in [2.24, 2.45) is 0 Å². The number of carboxylic acid groups (broad SMARTS) is 1. The normalized spacial score (nSPS) is 9.43. The Morgan fingerprint density at radius 2 is 2.36 bits per heavy atom. The first-order valence-electron chi connectivity index (χ1n) is 3.67. The average molecular weight is 272 g/mol. The molecular weight excluding hydrogens is 266 g/mol. The Morgan fingerprint density at radius 3 is 2.93 bits per heavy atom. The lowest BCUT2D eigenvalue weighted by molar-refractivity contribution is 0.0695. The molecule has 0 saturated heterocycles. The Kier molecular flexibility index (Phi) is 3.98. The zero-order chi connectivity index (χ0) is 10.6. The Labute approximate surface area is 93.9 Å². The summed E-state index contributed by atoms with van der Waals surface area (Å²) < 4.78 is 0.548. The molecule has 0 aliphatic heterocycles. The number of hydrogen-bond acceptors (Lipinski definition) is 3. The molecule has 0 saturated carbocycles. The third kappa shape index (κ3) is 2.76. The van der Waals surface area contributed by atoms with Gasteiger partial charge in [-0.2, -0.15) is 5.26 Å². The third-order valence-electron chi connectivity index (χ3n) is 1.47. The highest BCUT2D eigenvalue weighted by molar-refractivity contribution is 9.10. The molecular formula is C9H6BrNO2S. The van der Waals surface area contributed by atoms with Gasteiger partial charge in [-0.25, -0.2) is 4.79 Å². The maximum absolute atomic E-state index is 10.7. The van der Waals surface area contributed by atoms with Crippen LogP contribution in [0.3, 0.4) is 0 Å². The summed E-state index contributed by atoms with van der Waals surface area (Å²) in [7, 11) is 0. The van der Waals surface area contributed by atoms with Crippen molar-refractivity contribution in [1.82, 2.24) is 0 Å². The van der Waals surface area contributed by atoms with Crippen LogP contribution in [0.5, 0.6) is 0 Å². The molecule has 14 heavy (non-hydrogen) atoms. The molecule has 0 fully saturated rings. The molecule has 0 atom stereocenters. The largest absolute Gasteiger partial charge is 0.478 e. The predicted octanol–water partition coefficient (Wildman–Crippen LogP) is 2.76. The Bertz CT molecular complexity index is 400. The van der Waals surface area contributed by atoms with E-state index in [1.54, 1.807) is 18.2 Å². The van der Waals surface area contributed by atoms with Crippen LogP contribution in [0, 0.1) is 11.3 Å². The number of aromatic carboxylic acids is 1. The number of rotatable bonds is 3. The number of carbonyl (C=O) groups is 1. The van der Waals surface area contributed by atoms with E-state index in [0.29, 0.717) is 10.2 Å². The van der Waals surface area contributed by atoms with E-state index in [1.807, 2.05) is 6.07 Å². The van der Waals surface area contributed by atoms with Crippen LogP contribution in [-0.4, -0.2) is 16.8 Å². The van der Waals surface area contributed by atoms with Crippen LogP contribution < -0.4 is 0 Å². The molecule has 1 rings (SSSR count). The van der Waals surface area contributed by atoms with Gasteiger partial charge in [-0.05, 0) is 34.1 Å². The monoisotopic (exact) mass is 271 g/mol. The van der Waals surface area contributed by atoms with Gasteiger partial charge in [-0.15, -0.1) is 11.8 Å². The van der Waals surface area contributed by atoms with Crippen molar-refractivity contribution < 1.29 is 9.90 Å². The molecule has 0 spiro atoms. The molecule has 0 radical (unpaired) electrons. The van der Waals surface area contributed by atoms with Gasteiger partial charge in [-0.3, -0.25) is 0 Å². The highest BCUT2D eigenvalue weighted by Gasteiger charge is 2.08. The lowest BCUT2D eigenvalue weighted by atomic mass is 10.2. The van der Waals surface area contributed by atoms with E-state index >= 15 is 0 Å². The molecule has 72 valence electrons. The maximum atomic E-state index is 10.7. The molecule has 1 aromatic rings. The Hall–Kier alpha value is -0.990. The summed E-state index contributed by atoms with van der Waals surface area (Å²) in [6.45, 7) is 0. The summed E-state index contributed by atoms with van der Waals surface area (Å²) in [5.41, 5.74) is 0.216. The van der Waals surface area contributed by atoms with Crippen molar-refractivity contribution in [3.05, 3.63) is 28.2 Å². The second-order valence-corrected chi connectivity index (χ2v) is 4.30. The topological polar surface area (TPSA) is 61.1 Å². The summed E-state index contributed by atoms with van der Waals surface area (Å²) >= 11 is 4.46. The first-order chi connectivity index (χ1) is 6.65. The highest BCUT2D eigenvalue weighted by atomic mass is 79.9. The number of thioether (sulfide) groups is 1. The van der Waals surface area contributed by atoms with Crippen LogP contribution >= 0.6 is 27.7 Å². The van der Waals surface area contributed by atoms with Gasteiger partial charge in [0.15, 0.2) is 0 Å². The van der Waals surface area contributed by atoms with Crippen LogP contribution in [0.4, 0.5) is 0 Å². The SMILES string of the molecule is N#CCSc1ccc(Br)c(C(=O)O)c1. The van der Waals surface area contributed by atoms with E-state index in [2.05, 4.69) is 15.9 Å². The van der Waals surface area contributed by atoms with Crippen molar-refractivity contribution in [3.8, 4) is 6.07 Å².